The number of hydrogen-bond acceptors (Lipinski definition) is 2. The first-order chi connectivity index (χ1) is 8.10. The predicted molar refractivity (Wildman–Crippen MR) is 71.2 cm³/mol. The second kappa shape index (κ2) is 5.45. The molecule has 1 saturated carbocycles. The maximum absolute atomic E-state index is 5.86. The number of rotatable bonds is 3. The lowest BCUT2D eigenvalue weighted by atomic mass is 9.73. The molecule has 3 unspecified atom stereocenters. The Kier molecular flexibility index (Phi) is 4.16. The zero-order valence-electron chi connectivity index (χ0n) is 10.9. The van der Waals surface area contributed by atoms with E-state index in [2.05, 4.69) is 19.2 Å². The van der Waals surface area contributed by atoms with E-state index in [1.54, 1.807) is 0 Å². The third kappa shape index (κ3) is 3.05. The highest BCUT2D eigenvalue weighted by Crippen LogP contribution is 2.40. The van der Waals surface area contributed by atoms with Crippen molar-refractivity contribution in [1.82, 2.24) is 5.32 Å². The van der Waals surface area contributed by atoms with Crippen molar-refractivity contribution in [1.29, 1.82) is 0 Å². The van der Waals surface area contributed by atoms with Gasteiger partial charge in [0.25, 0.3) is 0 Å². The van der Waals surface area contributed by atoms with Crippen LogP contribution in [0.4, 0.5) is 0 Å². The number of furan rings is 1. The van der Waals surface area contributed by atoms with Gasteiger partial charge in [0.2, 0.25) is 0 Å². The van der Waals surface area contributed by atoms with E-state index >= 15 is 0 Å². The number of hydrogen-bond donors (Lipinski definition) is 1. The summed E-state index contributed by atoms with van der Waals surface area (Å²) in [6, 6.07) is 4.12. The molecule has 0 saturated heterocycles. The summed E-state index contributed by atoms with van der Waals surface area (Å²) in [5.74, 6) is 3.25. The van der Waals surface area contributed by atoms with Crippen molar-refractivity contribution in [2.45, 2.75) is 39.2 Å². The van der Waals surface area contributed by atoms with Crippen molar-refractivity contribution in [2.24, 2.45) is 17.8 Å². The molecule has 1 heterocycles. The van der Waals surface area contributed by atoms with E-state index in [9.17, 15) is 0 Å². The highest BCUT2D eigenvalue weighted by atomic mass is 35.5. The first-order valence-corrected chi connectivity index (χ1v) is 6.90. The summed E-state index contributed by atoms with van der Waals surface area (Å²) in [6.45, 7) is 4.70. The lowest BCUT2D eigenvalue weighted by Crippen LogP contribution is -2.31. The summed E-state index contributed by atoms with van der Waals surface area (Å²) in [5.41, 5.74) is 0. The van der Waals surface area contributed by atoms with Crippen LogP contribution in [0.1, 0.15) is 44.9 Å². The van der Waals surface area contributed by atoms with Crippen molar-refractivity contribution >= 4 is 11.6 Å². The van der Waals surface area contributed by atoms with Crippen LogP contribution < -0.4 is 5.32 Å². The topological polar surface area (TPSA) is 25.2 Å². The fraction of sp³-hybridized carbons (Fsp3) is 0.714. The summed E-state index contributed by atoms with van der Waals surface area (Å²) < 4.78 is 5.56. The predicted octanol–water partition coefficient (Wildman–Crippen LogP) is 4.27. The van der Waals surface area contributed by atoms with Crippen molar-refractivity contribution in [3.63, 3.8) is 0 Å². The minimum absolute atomic E-state index is 0.299. The van der Waals surface area contributed by atoms with Gasteiger partial charge in [0.15, 0.2) is 5.22 Å². The van der Waals surface area contributed by atoms with E-state index in [1.807, 2.05) is 19.2 Å². The molecule has 0 aliphatic heterocycles. The van der Waals surface area contributed by atoms with Gasteiger partial charge in [-0.3, -0.25) is 0 Å². The Labute approximate surface area is 109 Å². The van der Waals surface area contributed by atoms with Crippen LogP contribution in [0.15, 0.2) is 16.5 Å². The van der Waals surface area contributed by atoms with E-state index in [0.717, 1.165) is 17.6 Å². The van der Waals surface area contributed by atoms with Gasteiger partial charge in [-0.25, -0.2) is 0 Å². The van der Waals surface area contributed by atoms with Gasteiger partial charge in [0, 0.05) is 0 Å². The molecule has 17 heavy (non-hydrogen) atoms. The van der Waals surface area contributed by atoms with Crippen LogP contribution in [-0.2, 0) is 0 Å². The van der Waals surface area contributed by atoms with Crippen molar-refractivity contribution in [3.05, 3.63) is 23.1 Å². The molecule has 1 fully saturated rings. The quantitative estimate of drug-likeness (QED) is 0.873. The summed E-state index contributed by atoms with van der Waals surface area (Å²) in [4.78, 5) is 0. The molecule has 0 bridgehead atoms. The fourth-order valence-corrected chi connectivity index (χ4v) is 3.54. The molecule has 96 valence electrons. The van der Waals surface area contributed by atoms with Gasteiger partial charge in [-0.1, -0.05) is 13.8 Å². The average molecular weight is 256 g/mol. The van der Waals surface area contributed by atoms with E-state index in [0.29, 0.717) is 17.2 Å². The SMILES string of the molecule is CNC(c1ccc(Cl)o1)C1CC(C)CC(C)C1. The molecule has 1 N–H and O–H groups in total. The fourth-order valence-electron chi connectivity index (χ4n) is 3.39. The third-order valence-corrected chi connectivity index (χ3v) is 4.10. The summed E-state index contributed by atoms with van der Waals surface area (Å²) in [5, 5.41) is 3.87. The number of halogens is 1. The second-order valence-electron chi connectivity index (χ2n) is 5.59. The molecule has 2 nitrogen and oxygen atoms in total. The molecule has 1 aliphatic carbocycles. The van der Waals surface area contributed by atoms with Crippen LogP contribution in [0.25, 0.3) is 0 Å². The van der Waals surface area contributed by atoms with Crippen LogP contribution in [-0.4, -0.2) is 7.05 Å². The van der Waals surface area contributed by atoms with E-state index in [4.69, 9.17) is 16.0 Å². The average Bonchev–Trinajstić information content (AvgIpc) is 2.64. The Balaban J connectivity index is 2.12. The van der Waals surface area contributed by atoms with Gasteiger partial charge < -0.3 is 9.73 Å². The van der Waals surface area contributed by atoms with Gasteiger partial charge >= 0.3 is 0 Å². The van der Waals surface area contributed by atoms with Crippen LogP contribution >= 0.6 is 11.6 Å². The van der Waals surface area contributed by atoms with Gasteiger partial charge in [-0.2, -0.15) is 0 Å². The van der Waals surface area contributed by atoms with Gasteiger partial charge in [0.1, 0.15) is 5.76 Å². The summed E-state index contributed by atoms with van der Waals surface area (Å²) in [6.07, 6.45) is 3.90. The molecule has 0 radical (unpaired) electrons. The Morgan fingerprint density at radius 3 is 2.35 bits per heavy atom. The lowest BCUT2D eigenvalue weighted by Gasteiger charge is -2.35. The Morgan fingerprint density at radius 2 is 1.88 bits per heavy atom. The van der Waals surface area contributed by atoms with Crippen molar-refractivity contribution in [2.75, 3.05) is 7.05 Å². The van der Waals surface area contributed by atoms with Gasteiger partial charge in [-0.15, -0.1) is 0 Å². The molecule has 3 heteroatoms. The lowest BCUT2D eigenvalue weighted by molar-refractivity contribution is 0.169. The van der Waals surface area contributed by atoms with Gasteiger partial charge in [-0.05, 0) is 67.8 Å². The first kappa shape index (κ1) is 13.0. The van der Waals surface area contributed by atoms with Crippen molar-refractivity contribution in [3.8, 4) is 0 Å². The zero-order valence-corrected chi connectivity index (χ0v) is 11.6. The molecule has 0 amide bonds. The molecule has 0 spiro atoms. The molecule has 2 rings (SSSR count). The zero-order chi connectivity index (χ0) is 12.4. The standard InChI is InChI=1S/C14H22ClNO/c1-9-6-10(2)8-11(7-9)14(16-3)12-4-5-13(15)17-12/h4-5,9-11,14,16H,6-8H2,1-3H3. The molecular formula is C14H22ClNO. The molecule has 3 atom stereocenters. The minimum atomic E-state index is 0.299. The third-order valence-electron chi connectivity index (χ3n) is 3.90. The Hall–Kier alpha value is -0.470. The molecule has 1 aromatic rings. The van der Waals surface area contributed by atoms with E-state index in [1.165, 1.54) is 19.3 Å². The minimum Gasteiger partial charge on any atom is -0.448 e. The summed E-state index contributed by atoms with van der Waals surface area (Å²) in [7, 11) is 2.00. The van der Waals surface area contributed by atoms with Crippen LogP contribution in [0, 0.1) is 17.8 Å². The van der Waals surface area contributed by atoms with E-state index in [-0.39, 0.29) is 0 Å². The molecule has 1 aromatic heterocycles. The largest absolute Gasteiger partial charge is 0.448 e. The maximum atomic E-state index is 5.86. The maximum Gasteiger partial charge on any atom is 0.193 e. The first-order valence-electron chi connectivity index (χ1n) is 6.52. The van der Waals surface area contributed by atoms with E-state index < -0.39 is 0 Å². The molecule has 0 aromatic carbocycles. The van der Waals surface area contributed by atoms with Crippen LogP contribution in [0.3, 0.4) is 0 Å². The van der Waals surface area contributed by atoms with Crippen molar-refractivity contribution < 1.29 is 4.42 Å². The normalized spacial score (nSPS) is 31.4. The van der Waals surface area contributed by atoms with Crippen LogP contribution in [0.2, 0.25) is 5.22 Å². The second-order valence-corrected chi connectivity index (χ2v) is 5.96. The monoisotopic (exact) mass is 255 g/mol. The molecular weight excluding hydrogens is 234 g/mol. The summed E-state index contributed by atoms with van der Waals surface area (Å²) >= 11 is 5.86. The number of nitrogens with one attached hydrogen (secondary N) is 1. The van der Waals surface area contributed by atoms with Crippen LogP contribution in [0.5, 0.6) is 0 Å². The Morgan fingerprint density at radius 1 is 1.24 bits per heavy atom. The highest BCUT2D eigenvalue weighted by molar-refractivity contribution is 6.28. The highest BCUT2D eigenvalue weighted by Gasteiger charge is 2.31. The Bertz CT molecular complexity index is 353. The molecule has 1 aliphatic rings. The van der Waals surface area contributed by atoms with Gasteiger partial charge in [0.05, 0.1) is 6.04 Å². The smallest absolute Gasteiger partial charge is 0.193 e.